The highest BCUT2D eigenvalue weighted by Gasteiger charge is 2.08. The molecule has 2 aliphatic rings. The summed E-state index contributed by atoms with van der Waals surface area (Å²) in [5, 5.41) is 7.54. The molecule has 0 saturated heterocycles. The van der Waals surface area contributed by atoms with Crippen molar-refractivity contribution in [3.8, 4) is 0 Å². The van der Waals surface area contributed by atoms with Crippen LogP contribution in [0.4, 0.5) is 11.6 Å². The van der Waals surface area contributed by atoms with Crippen LogP contribution in [0.1, 0.15) is 0 Å². The number of carbonyl (C=O) groups excluding carboxylic acids is 4. The van der Waals surface area contributed by atoms with Crippen LogP contribution < -0.4 is 16.0 Å². The topological polar surface area (TPSA) is 143 Å². The van der Waals surface area contributed by atoms with E-state index in [1.165, 1.54) is 24.3 Å². The Kier molecular flexibility index (Phi) is 8.41. The normalized spacial score (nSPS) is 13.7. The monoisotopic (exact) mass is 468 g/mol. The number of anilines is 2. The number of benzene rings is 1. The summed E-state index contributed by atoms with van der Waals surface area (Å²) in [4.78, 5) is 51.5. The number of nitrogens with one attached hydrogen (secondary N) is 3. The summed E-state index contributed by atoms with van der Waals surface area (Å²) in [5.41, 5.74) is 0.669. The summed E-state index contributed by atoms with van der Waals surface area (Å²) in [5.74, 6) is -1.07. The molecule has 0 bridgehead atoms. The molecule has 2 aromatic rings. The Morgan fingerprint density at radius 2 is 1.10 bits per heavy atom. The Balaban J connectivity index is 0.000000188. The third-order valence-electron chi connectivity index (χ3n) is 2.97. The van der Waals surface area contributed by atoms with Gasteiger partial charge in [-0.3, -0.25) is 29.8 Å². The summed E-state index contributed by atoms with van der Waals surface area (Å²) in [6.07, 6.45) is 4.79. The molecule has 1 aromatic carbocycles. The van der Waals surface area contributed by atoms with Crippen LogP contribution in [0, 0.1) is 0 Å². The average Bonchev–Trinajstić information content (AvgIpc) is 3.23. The third kappa shape index (κ3) is 7.95. The first-order valence-electron chi connectivity index (χ1n) is 7.87. The number of amides is 4. The van der Waals surface area contributed by atoms with Crippen molar-refractivity contribution in [2.75, 3.05) is 5.32 Å². The standard InChI is InChI=1S/C9H5Cl3N4.2C4H3NO2/c10-5-3-1-2-4-6(5)13-9-15-7(11)14-8(12)16-9;2*6-3-1-2-4(7)5-3/h1-4H,(H,13,14,15,16);2*1-2H,(H,5,6,7). The van der Waals surface area contributed by atoms with Crippen LogP contribution in [0.5, 0.6) is 0 Å². The highest BCUT2D eigenvalue weighted by atomic mass is 35.5. The molecule has 13 heteroatoms. The Morgan fingerprint density at radius 3 is 1.47 bits per heavy atom. The molecule has 0 fully saturated rings. The van der Waals surface area contributed by atoms with Gasteiger partial charge in [0.15, 0.2) is 0 Å². The average molecular weight is 470 g/mol. The number of nitrogens with zero attached hydrogens (tertiary/aromatic N) is 3. The molecule has 0 radical (unpaired) electrons. The largest absolute Gasteiger partial charge is 0.323 e. The quantitative estimate of drug-likeness (QED) is 0.567. The molecular weight excluding hydrogens is 459 g/mol. The Labute approximate surface area is 184 Å². The Morgan fingerprint density at radius 1 is 0.667 bits per heavy atom. The van der Waals surface area contributed by atoms with Gasteiger partial charge in [0.1, 0.15) is 0 Å². The highest BCUT2D eigenvalue weighted by Crippen LogP contribution is 2.23. The smallest absolute Gasteiger partial charge is 0.250 e. The fourth-order valence-corrected chi connectivity index (χ4v) is 2.32. The van der Waals surface area contributed by atoms with Crippen molar-refractivity contribution in [2.24, 2.45) is 0 Å². The molecule has 4 rings (SSSR count). The molecule has 30 heavy (non-hydrogen) atoms. The van der Waals surface area contributed by atoms with Gasteiger partial charge >= 0.3 is 0 Å². The van der Waals surface area contributed by atoms with Crippen molar-refractivity contribution in [2.45, 2.75) is 0 Å². The lowest BCUT2D eigenvalue weighted by molar-refractivity contribution is -0.125. The predicted octanol–water partition coefficient (Wildman–Crippen LogP) is 1.97. The van der Waals surface area contributed by atoms with E-state index in [1.807, 2.05) is 22.8 Å². The van der Waals surface area contributed by atoms with Crippen molar-refractivity contribution in [3.63, 3.8) is 0 Å². The van der Waals surface area contributed by atoms with E-state index in [9.17, 15) is 19.2 Å². The Bertz CT molecular complexity index is 969. The molecular formula is C17H11Cl3N6O4. The van der Waals surface area contributed by atoms with Crippen molar-refractivity contribution in [3.05, 3.63) is 64.2 Å². The van der Waals surface area contributed by atoms with Gasteiger partial charge in [-0.15, -0.1) is 0 Å². The number of aromatic nitrogens is 3. The second-order valence-corrected chi connectivity index (χ2v) is 6.26. The summed E-state index contributed by atoms with van der Waals surface area (Å²) >= 11 is 17.2. The van der Waals surface area contributed by atoms with Gasteiger partial charge in [-0.1, -0.05) is 23.7 Å². The lowest BCUT2D eigenvalue weighted by atomic mass is 10.3. The summed E-state index contributed by atoms with van der Waals surface area (Å²) < 4.78 is 0. The van der Waals surface area contributed by atoms with Crippen molar-refractivity contribution in [1.29, 1.82) is 0 Å². The molecule has 3 heterocycles. The van der Waals surface area contributed by atoms with E-state index in [4.69, 9.17) is 34.8 Å². The van der Waals surface area contributed by atoms with Crippen LogP contribution in [-0.2, 0) is 19.2 Å². The minimum atomic E-state index is -0.329. The SMILES string of the molecule is Clc1nc(Cl)nc(Nc2ccccc2Cl)n1.O=C1C=CC(=O)N1.O=C1C=CC(=O)N1. The number of hydrogen-bond acceptors (Lipinski definition) is 8. The van der Waals surface area contributed by atoms with Gasteiger partial charge in [-0.2, -0.15) is 15.0 Å². The molecule has 0 aliphatic carbocycles. The fraction of sp³-hybridized carbons (Fsp3) is 0. The molecule has 3 N–H and O–H groups in total. The third-order valence-corrected chi connectivity index (χ3v) is 3.63. The first-order chi connectivity index (χ1) is 14.2. The molecule has 0 atom stereocenters. The maximum Gasteiger partial charge on any atom is 0.250 e. The van der Waals surface area contributed by atoms with Gasteiger partial charge in [0.25, 0.3) is 23.6 Å². The molecule has 0 spiro atoms. The first-order valence-corrected chi connectivity index (χ1v) is 9.01. The minimum Gasteiger partial charge on any atom is -0.323 e. The first kappa shape index (κ1) is 22.9. The van der Waals surface area contributed by atoms with E-state index >= 15 is 0 Å². The summed E-state index contributed by atoms with van der Waals surface area (Å²) in [7, 11) is 0. The van der Waals surface area contributed by atoms with Gasteiger partial charge in [0.2, 0.25) is 16.5 Å². The number of para-hydroxylation sites is 1. The Hall–Kier alpha value is -3.34. The predicted molar refractivity (Wildman–Crippen MR) is 109 cm³/mol. The van der Waals surface area contributed by atoms with E-state index in [-0.39, 0.29) is 40.1 Å². The lowest BCUT2D eigenvalue weighted by Crippen LogP contribution is -2.19. The van der Waals surface area contributed by atoms with Crippen molar-refractivity contribution >= 4 is 70.1 Å². The maximum atomic E-state index is 10.0. The van der Waals surface area contributed by atoms with Gasteiger partial charge in [-0.05, 0) is 35.3 Å². The van der Waals surface area contributed by atoms with Crippen LogP contribution in [-0.4, -0.2) is 38.6 Å². The van der Waals surface area contributed by atoms with Crippen LogP contribution >= 0.6 is 34.8 Å². The van der Waals surface area contributed by atoms with E-state index in [0.29, 0.717) is 10.7 Å². The summed E-state index contributed by atoms with van der Waals surface area (Å²) in [6, 6.07) is 7.18. The molecule has 0 saturated carbocycles. The number of imide groups is 2. The van der Waals surface area contributed by atoms with Crippen molar-refractivity contribution in [1.82, 2.24) is 25.6 Å². The molecule has 0 unspecified atom stereocenters. The van der Waals surface area contributed by atoms with Crippen LogP contribution in [0.3, 0.4) is 0 Å². The number of rotatable bonds is 2. The zero-order valence-corrected chi connectivity index (χ0v) is 17.0. The zero-order chi connectivity index (χ0) is 22.1. The van der Waals surface area contributed by atoms with E-state index < -0.39 is 0 Å². The van der Waals surface area contributed by atoms with E-state index in [2.05, 4.69) is 20.3 Å². The van der Waals surface area contributed by atoms with Crippen molar-refractivity contribution < 1.29 is 19.2 Å². The van der Waals surface area contributed by atoms with E-state index in [0.717, 1.165) is 0 Å². The van der Waals surface area contributed by atoms with E-state index in [1.54, 1.807) is 12.1 Å². The van der Waals surface area contributed by atoms with Gasteiger partial charge in [0, 0.05) is 24.3 Å². The number of halogens is 3. The van der Waals surface area contributed by atoms with Crippen LogP contribution in [0.2, 0.25) is 15.6 Å². The molecule has 2 aliphatic heterocycles. The minimum absolute atomic E-state index is 0.0227. The number of hydrogen-bond donors (Lipinski definition) is 3. The molecule has 1 aromatic heterocycles. The number of carbonyl (C=O) groups is 4. The molecule has 154 valence electrons. The fourth-order valence-electron chi connectivity index (χ4n) is 1.78. The molecule has 4 amide bonds. The van der Waals surface area contributed by atoms with Gasteiger partial charge in [0.05, 0.1) is 10.7 Å². The maximum absolute atomic E-state index is 10.0. The lowest BCUT2D eigenvalue weighted by Gasteiger charge is -2.06. The van der Waals surface area contributed by atoms with Gasteiger partial charge in [-0.25, -0.2) is 0 Å². The second kappa shape index (κ2) is 11.0. The molecule has 10 nitrogen and oxygen atoms in total. The van der Waals surface area contributed by atoms with Gasteiger partial charge < -0.3 is 5.32 Å². The zero-order valence-electron chi connectivity index (χ0n) is 14.7. The second-order valence-electron chi connectivity index (χ2n) is 5.18. The summed E-state index contributed by atoms with van der Waals surface area (Å²) in [6.45, 7) is 0. The van der Waals surface area contributed by atoms with Crippen LogP contribution in [0.25, 0.3) is 0 Å². The van der Waals surface area contributed by atoms with Crippen LogP contribution in [0.15, 0.2) is 48.6 Å². The highest BCUT2D eigenvalue weighted by molar-refractivity contribution is 6.33.